The smallest absolute Gasteiger partial charge is 0.287 e. The molecule has 1 aromatic carbocycles. The molecule has 24 heavy (non-hydrogen) atoms. The molecule has 1 amide bonds. The lowest BCUT2D eigenvalue weighted by Gasteiger charge is -2.42. The quantitative estimate of drug-likeness (QED) is 0.885. The minimum atomic E-state index is -0.569. The van der Waals surface area contributed by atoms with Crippen molar-refractivity contribution in [3.8, 4) is 0 Å². The van der Waals surface area contributed by atoms with Gasteiger partial charge in [-0.25, -0.2) is 4.68 Å². The largest absolute Gasteiger partial charge is 0.354 e. The van der Waals surface area contributed by atoms with Gasteiger partial charge in [-0.3, -0.25) is 9.59 Å². The Bertz CT molecular complexity index is 801. The molecule has 0 radical (unpaired) electrons. The highest BCUT2D eigenvalue weighted by Crippen LogP contribution is 2.43. The minimum absolute atomic E-state index is 0.00699. The Kier molecular flexibility index (Phi) is 4.92. The number of rotatable bonds is 5. The first-order valence-electron chi connectivity index (χ1n) is 7.75. The van der Waals surface area contributed by atoms with E-state index in [1.807, 2.05) is 18.2 Å². The monoisotopic (exact) mass is 365 g/mol. The first kappa shape index (κ1) is 17.0. The average Bonchev–Trinajstić information content (AvgIpc) is 2.55. The SMILES string of the molecule is O=C(Cn1ncc(Cl)c(Cl)c1=O)NCC1(c2ccccc2)CCC1. The standard InChI is InChI=1S/C17H17Cl2N3O2/c18-13-9-21-22(16(24)15(13)19)10-14(23)20-11-17(7-4-8-17)12-5-2-1-3-6-12/h1-3,5-6,9H,4,7-8,10-11H2,(H,20,23). The number of amides is 1. The Hall–Kier alpha value is -1.85. The normalized spacial score (nSPS) is 15.6. The second kappa shape index (κ2) is 6.95. The van der Waals surface area contributed by atoms with Crippen molar-refractivity contribution < 1.29 is 4.79 Å². The van der Waals surface area contributed by atoms with Gasteiger partial charge in [0.25, 0.3) is 5.56 Å². The van der Waals surface area contributed by atoms with E-state index in [4.69, 9.17) is 23.2 Å². The molecule has 1 heterocycles. The van der Waals surface area contributed by atoms with Gasteiger partial charge < -0.3 is 5.32 Å². The van der Waals surface area contributed by atoms with Crippen molar-refractivity contribution in [2.45, 2.75) is 31.2 Å². The molecule has 2 aromatic rings. The summed E-state index contributed by atoms with van der Waals surface area (Å²) < 4.78 is 1.01. The Labute approximate surface area is 149 Å². The van der Waals surface area contributed by atoms with Gasteiger partial charge in [0.15, 0.2) is 0 Å². The lowest BCUT2D eigenvalue weighted by molar-refractivity contribution is -0.122. The van der Waals surface area contributed by atoms with Gasteiger partial charge in [0.05, 0.1) is 11.2 Å². The van der Waals surface area contributed by atoms with E-state index in [0.717, 1.165) is 23.9 Å². The zero-order chi connectivity index (χ0) is 17.2. The maximum Gasteiger partial charge on any atom is 0.287 e. The number of halogens is 2. The van der Waals surface area contributed by atoms with Crippen LogP contribution in [0.4, 0.5) is 0 Å². The van der Waals surface area contributed by atoms with Crippen LogP contribution < -0.4 is 10.9 Å². The molecule has 126 valence electrons. The van der Waals surface area contributed by atoms with Gasteiger partial charge in [0.2, 0.25) is 5.91 Å². The summed E-state index contributed by atoms with van der Waals surface area (Å²) in [7, 11) is 0. The number of hydrogen-bond acceptors (Lipinski definition) is 3. The van der Waals surface area contributed by atoms with E-state index in [0.29, 0.717) is 6.54 Å². The van der Waals surface area contributed by atoms with E-state index in [-0.39, 0.29) is 27.9 Å². The lowest BCUT2D eigenvalue weighted by atomic mass is 9.64. The van der Waals surface area contributed by atoms with Crippen molar-refractivity contribution in [3.63, 3.8) is 0 Å². The maximum absolute atomic E-state index is 12.2. The molecule has 1 saturated carbocycles. The van der Waals surface area contributed by atoms with Crippen molar-refractivity contribution in [1.29, 1.82) is 0 Å². The highest BCUT2D eigenvalue weighted by atomic mass is 35.5. The summed E-state index contributed by atoms with van der Waals surface area (Å²) in [6.07, 6.45) is 4.50. The fourth-order valence-electron chi connectivity index (χ4n) is 2.98. The number of hydrogen-bond donors (Lipinski definition) is 1. The Morgan fingerprint density at radius 3 is 2.58 bits per heavy atom. The van der Waals surface area contributed by atoms with Crippen molar-refractivity contribution >= 4 is 29.1 Å². The molecule has 1 aromatic heterocycles. The van der Waals surface area contributed by atoms with E-state index in [1.54, 1.807) is 0 Å². The van der Waals surface area contributed by atoms with Gasteiger partial charge in [-0.1, -0.05) is 60.0 Å². The van der Waals surface area contributed by atoms with Crippen LogP contribution in [0.25, 0.3) is 0 Å². The maximum atomic E-state index is 12.2. The average molecular weight is 366 g/mol. The first-order chi connectivity index (χ1) is 11.5. The van der Waals surface area contributed by atoms with Crippen LogP contribution in [0.1, 0.15) is 24.8 Å². The predicted octanol–water partition coefficient (Wildman–Crippen LogP) is 2.79. The highest BCUT2D eigenvalue weighted by Gasteiger charge is 2.38. The molecule has 0 saturated heterocycles. The lowest BCUT2D eigenvalue weighted by Crippen LogP contribution is -2.46. The van der Waals surface area contributed by atoms with Crippen LogP contribution in [0.2, 0.25) is 10.0 Å². The minimum Gasteiger partial charge on any atom is -0.354 e. The fraction of sp³-hybridized carbons (Fsp3) is 0.353. The number of carbonyl (C=O) groups excluding carboxylic acids is 1. The molecule has 1 aliphatic rings. The zero-order valence-electron chi connectivity index (χ0n) is 13.0. The molecule has 0 unspecified atom stereocenters. The van der Waals surface area contributed by atoms with Crippen molar-refractivity contribution in [2.75, 3.05) is 6.54 Å². The Morgan fingerprint density at radius 2 is 1.96 bits per heavy atom. The molecule has 0 atom stereocenters. The topological polar surface area (TPSA) is 64.0 Å². The molecule has 0 spiro atoms. The van der Waals surface area contributed by atoms with E-state index in [1.165, 1.54) is 11.8 Å². The summed E-state index contributed by atoms with van der Waals surface area (Å²) in [4.78, 5) is 24.1. The van der Waals surface area contributed by atoms with Gasteiger partial charge in [-0.15, -0.1) is 0 Å². The first-order valence-corrected chi connectivity index (χ1v) is 8.51. The highest BCUT2D eigenvalue weighted by molar-refractivity contribution is 6.41. The third kappa shape index (κ3) is 3.32. The Morgan fingerprint density at radius 1 is 1.25 bits per heavy atom. The number of nitrogens with one attached hydrogen (secondary N) is 1. The third-order valence-electron chi connectivity index (χ3n) is 4.56. The molecule has 7 heteroatoms. The summed E-state index contributed by atoms with van der Waals surface area (Å²) in [5.41, 5.74) is 0.662. The molecule has 3 rings (SSSR count). The van der Waals surface area contributed by atoms with Crippen molar-refractivity contribution in [2.24, 2.45) is 0 Å². The molecule has 5 nitrogen and oxygen atoms in total. The second-order valence-electron chi connectivity index (χ2n) is 6.05. The predicted molar refractivity (Wildman–Crippen MR) is 93.5 cm³/mol. The Balaban J connectivity index is 1.66. The second-order valence-corrected chi connectivity index (χ2v) is 6.83. The number of nitrogens with zero attached hydrogens (tertiary/aromatic N) is 2. The van der Waals surface area contributed by atoms with Crippen molar-refractivity contribution in [1.82, 2.24) is 15.1 Å². The van der Waals surface area contributed by atoms with E-state index >= 15 is 0 Å². The number of aromatic nitrogens is 2. The molecule has 1 fully saturated rings. The molecule has 1 aliphatic carbocycles. The van der Waals surface area contributed by atoms with Gasteiger partial charge in [0, 0.05) is 12.0 Å². The molecule has 0 bridgehead atoms. The number of benzene rings is 1. The van der Waals surface area contributed by atoms with E-state index in [9.17, 15) is 9.59 Å². The summed E-state index contributed by atoms with van der Waals surface area (Å²) >= 11 is 11.5. The van der Waals surface area contributed by atoms with E-state index in [2.05, 4.69) is 22.5 Å². The van der Waals surface area contributed by atoms with Crippen LogP contribution in [0, 0.1) is 0 Å². The fourth-order valence-corrected chi connectivity index (χ4v) is 3.25. The van der Waals surface area contributed by atoms with Gasteiger partial charge in [-0.2, -0.15) is 5.10 Å². The van der Waals surface area contributed by atoms with Crippen LogP contribution in [-0.4, -0.2) is 22.2 Å². The summed E-state index contributed by atoms with van der Waals surface area (Å²) in [6.45, 7) is 0.368. The van der Waals surface area contributed by atoms with Crippen LogP contribution in [0.5, 0.6) is 0 Å². The summed E-state index contributed by atoms with van der Waals surface area (Å²) in [5, 5.41) is 6.72. The molecular formula is C17H17Cl2N3O2. The van der Waals surface area contributed by atoms with Crippen LogP contribution >= 0.6 is 23.2 Å². The van der Waals surface area contributed by atoms with Gasteiger partial charge in [-0.05, 0) is 18.4 Å². The molecule has 1 N–H and O–H groups in total. The van der Waals surface area contributed by atoms with Crippen LogP contribution in [0.15, 0.2) is 41.3 Å². The molecular weight excluding hydrogens is 349 g/mol. The van der Waals surface area contributed by atoms with Crippen LogP contribution in [-0.2, 0) is 16.8 Å². The van der Waals surface area contributed by atoms with Gasteiger partial charge in [0.1, 0.15) is 11.6 Å². The molecule has 0 aliphatic heterocycles. The van der Waals surface area contributed by atoms with Gasteiger partial charge >= 0.3 is 0 Å². The number of carbonyl (C=O) groups is 1. The summed E-state index contributed by atoms with van der Waals surface area (Å²) in [6, 6.07) is 10.2. The van der Waals surface area contributed by atoms with E-state index < -0.39 is 5.56 Å². The third-order valence-corrected chi connectivity index (χ3v) is 5.31. The summed E-state index contributed by atoms with van der Waals surface area (Å²) in [5.74, 6) is -0.273. The van der Waals surface area contributed by atoms with Crippen LogP contribution in [0.3, 0.4) is 0 Å². The van der Waals surface area contributed by atoms with Crippen molar-refractivity contribution in [3.05, 3.63) is 62.5 Å². The zero-order valence-corrected chi connectivity index (χ0v) is 14.5.